The number of rotatable bonds is 2. The lowest BCUT2D eigenvalue weighted by atomic mass is 10.2. The normalized spacial score (nSPS) is 10.1. The van der Waals surface area contributed by atoms with Crippen LogP contribution in [0.2, 0.25) is 0 Å². The van der Waals surface area contributed by atoms with E-state index in [0.717, 1.165) is 5.56 Å². The molecule has 0 aliphatic carbocycles. The number of hydrogen-bond donors (Lipinski definition) is 2. The summed E-state index contributed by atoms with van der Waals surface area (Å²) < 4.78 is 13.5. The summed E-state index contributed by atoms with van der Waals surface area (Å²) >= 11 is 0. The van der Waals surface area contributed by atoms with Crippen LogP contribution >= 0.6 is 0 Å². The second-order valence-corrected chi connectivity index (χ2v) is 3.40. The third kappa shape index (κ3) is 2.08. The fourth-order valence-electron chi connectivity index (χ4n) is 1.33. The first-order valence-corrected chi connectivity index (χ1v) is 4.78. The zero-order valence-corrected chi connectivity index (χ0v) is 8.74. The quantitative estimate of drug-likeness (QED) is 0.811. The van der Waals surface area contributed by atoms with Crippen LogP contribution in [-0.2, 0) is 0 Å². The Morgan fingerprint density at radius 2 is 2.00 bits per heavy atom. The van der Waals surface area contributed by atoms with Crippen LogP contribution in [0.5, 0.6) is 0 Å². The van der Waals surface area contributed by atoms with Crippen molar-refractivity contribution >= 4 is 17.3 Å². The Bertz CT molecular complexity index is 476. The maximum Gasteiger partial charge on any atom is 0.153 e. The Morgan fingerprint density at radius 1 is 1.19 bits per heavy atom. The number of nitrogens with zero attached hydrogens (tertiary/aromatic N) is 2. The van der Waals surface area contributed by atoms with Gasteiger partial charge in [-0.1, -0.05) is 12.1 Å². The predicted octanol–water partition coefficient (Wildman–Crippen LogP) is 2.25. The third-order valence-electron chi connectivity index (χ3n) is 2.16. The molecule has 2 aromatic rings. The lowest BCUT2D eigenvalue weighted by Gasteiger charge is -2.08. The molecule has 5 heteroatoms. The summed E-state index contributed by atoms with van der Waals surface area (Å²) in [5, 5.41) is 10.3. The highest BCUT2D eigenvalue weighted by atomic mass is 19.1. The Morgan fingerprint density at radius 3 is 2.62 bits per heavy atom. The van der Waals surface area contributed by atoms with Crippen molar-refractivity contribution in [1.29, 1.82) is 0 Å². The molecule has 0 saturated carbocycles. The van der Waals surface area contributed by atoms with Crippen molar-refractivity contribution in [2.24, 2.45) is 0 Å². The second-order valence-electron chi connectivity index (χ2n) is 3.40. The maximum atomic E-state index is 13.5. The largest absolute Gasteiger partial charge is 0.382 e. The molecule has 1 heterocycles. The van der Waals surface area contributed by atoms with Gasteiger partial charge in [-0.3, -0.25) is 0 Å². The first-order valence-electron chi connectivity index (χ1n) is 4.78. The first-order chi connectivity index (χ1) is 7.66. The number of benzene rings is 1. The molecule has 0 amide bonds. The fourth-order valence-corrected chi connectivity index (χ4v) is 1.33. The average molecular weight is 218 g/mol. The molecule has 2 rings (SSSR count). The minimum atomic E-state index is -0.321. The molecule has 0 fully saturated rings. The van der Waals surface area contributed by atoms with Crippen molar-refractivity contribution in [3.8, 4) is 0 Å². The van der Waals surface area contributed by atoms with Gasteiger partial charge in [0.2, 0.25) is 0 Å². The van der Waals surface area contributed by atoms with Crippen LogP contribution in [0, 0.1) is 12.7 Å². The van der Waals surface area contributed by atoms with Gasteiger partial charge in [-0.2, -0.15) is 0 Å². The van der Waals surface area contributed by atoms with Crippen LogP contribution in [0.25, 0.3) is 0 Å². The van der Waals surface area contributed by atoms with E-state index in [1.54, 1.807) is 18.2 Å². The van der Waals surface area contributed by atoms with Gasteiger partial charge in [0.25, 0.3) is 0 Å². The van der Waals surface area contributed by atoms with E-state index in [-0.39, 0.29) is 5.82 Å². The highest BCUT2D eigenvalue weighted by Crippen LogP contribution is 2.22. The van der Waals surface area contributed by atoms with E-state index >= 15 is 0 Å². The van der Waals surface area contributed by atoms with E-state index in [1.807, 2.05) is 13.0 Å². The average Bonchev–Trinajstić information content (AvgIpc) is 2.26. The SMILES string of the molecule is Cc1cccc(F)c1Nc1ccc(N)nn1. The van der Waals surface area contributed by atoms with Crippen LogP contribution in [0.15, 0.2) is 30.3 Å². The molecule has 1 aromatic carbocycles. The van der Waals surface area contributed by atoms with E-state index in [9.17, 15) is 4.39 Å². The molecule has 0 bridgehead atoms. The van der Waals surface area contributed by atoms with E-state index in [2.05, 4.69) is 15.5 Å². The highest BCUT2D eigenvalue weighted by molar-refractivity contribution is 5.61. The van der Waals surface area contributed by atoms with E-state index < -0.39 is 0 Å². The lowest BCUT2D eigenvalue weighted by molar-refractivity contribution is 0.630. The first kappa shape index (κ1) is 10.4. The minimum Gasteiger partial charge on any atom is -0.382 e. The molecule has 0 aliphatic rings. The van der Waals surface area contributed by atoms with Crippen LogP contribution in [0.3, 0.4) is 0 Å². The summed E-state index contributed by atoms with van der Waals surface area (Å²) in [6.45, 7) is 1.82. The van der Waals surface area contributed by atoms with Gasteiger partial charge in [0.05, 0.1) is 5.69 Å². The molecule has 0 atom stereocenters. The predicted molar refractivity (Wildman–Crippen MR) is 60.9 cm³/mol. The zero-order chi connectivity index (χ0) is 11.5. The molecular formula is C11H11FN4. The molecule has 0 saturated heterocycles. The molecule has 0 spiro atoms. The minimum absolute atomic E-state index is 0.321. The number of aryl methyl sites for hydroxylation is 1. The topological polar surface area (TPSA) is 63.8 Å². The molecule has 0 unspecified atom stereocenters. The van der Waals surface area contributed by atoms with Gasteiger partial charge in [-0.05, 0) is 30.7 Å². The van der Waals surface area contributed by atoms with Gasteiger partial charge >= 0.3 is 0 Å². The van der Waals surface area contributed by atoms with Gasteiger partial charge in [0.1, 0.15) is 11.6 Å². The van der Waals surface area contributed by atoms with Crippen molar-refractivity contribution in [2.45, 2.75) is 6.92 Å². The van der Waals surface area contributed by atoms with Crippen LogP contribution in [0.1, 0.15) is 5.56 Å². The summed E-state index contributed by atoms with van der Waals surface area (Å²) in [7, 11) is 0. The molecule has 4 nitrogen and oxygen atoms in total. The zero-order valence-electron chi connectivity index (χ0n) is 8.74. The van der Waals surface area contributed by atoms with E-state index in [1.165, 1.54) is 6.07 Å². The molecule has 3 N–H and O–H groups in total. The van der Waals surface area contributed by atoms with Gasteiger partial charge in [-0.15, -0.1) is 10.2 Å². The molecule has 16 heavy (non-hydrogen) atoms. The van der Waals surface area contributed by atoms with Crippen LogP contribution in [-0.4, -0.2) is 10.2 Å². The van der Waals surface area contributed by atoms with E-state index in [4.69, 9.17) is 5.73 Å². The summed E-state index contributed by atoms with van der Waals surface area (Å²) in [5.41, 5.74) is 6.61. The number of aromatic nitrogens is 2. The van der Waals surface area contributed by atoms with Crippen molar-refractivity contribution in [3.05, 3.63) is 41.7 Å². The number of nitrogens with two attached hydrogens (primary N) is 1. The fraction of sp³-hybridized carbons (Fsp3) is 0.0909. The summed E-state index contributed by atoms with van der Waals surface area (Å²) in [4.78, 5) is 0. The molecular weight excluding hydrogens is 207 g/mol. The molecule has 1 aromatic heterocycles. The Kier molecular flexibility index (Phi) is 2.68. The number of nitrogen functional groups attached to an aromatic ring is 1. The highest BCUT2D eigenvalue weighted by Gasteiger charge is 2.05. The number of nitrogens with one attached hydrogen (secondary N) is 1. The lowest BCUT2D eigenvalue weighted by Crippen LogP contribution is -2.01. The maximum absolute atomic E-state index is 13.5. The van der Waals surface area contributed by atoms with Crippen molar-refractivity contribution in [1.82, 2.24) is 10.2 Å². The third-order valence-corrected chi connectivity index (χ3v) is 2.16. The molecule has 0 aliphatic heterocycles. The van der Waals surface area contributed by atoms with Crippen LogP contribution < -0.4 is 11.1 Å². The standard InChI is InChI=1S/C11H11FN4/c1-7-3-2-4-8(12)11(7)14-10-6-5-9(13)15-16-10/h2-6H,1H3,(H2,13,15)(H,14,16). The molecule has 0 radical (unpaired) electrons. The van der Waals surface area contributed by atoms with Crippen molar-refractivity contribution in [2.75, 3.05) is 11.1 Å². The second kappa shape index (κ2) is 4.14. The number of halogens is 1. The number of hydrogen-bond acceptors (Lipinski definition) is 4. The van der Waals surface area contributed by atoms with Gasteiger partial charge in [0.15, 0.2) is 5.82 Å². The van der Waals surface area contributed by atoms with Crippen molar-refractivity contribution in [3.63, 3.8) is 0 Å². The Hall–Kier alpha value is -2.17. The number of anilines is 3. The Labute approximate surface area is 92.3 Å². The molecule has 82 valence electrons. The van der Waals surface area contributed by atoms with Gasteiger partial charge < -0.3 is 11.1 Å². The van der Waals surface area contributed by atoms with E-state index in [0.29, 0.717) is 17.3 Å². The summed E-state index contributed by atoms with van der Waals surface area (Å²) in [6, 6.07) is 8.11. The summed E-state index contributed by atoms with van der Waals surface area (Å²) in [5.74, 6) is 0.469. The van der Waals surface area contributed by atoms with Crippen LogP contribution in [0.4, 0.5) is 21.7 Å². The van der Waals surface area contributed by atoms with Crippen molar-refractivity contribution < 1.29 is 4.39 Å². The number of para-hydroxylation sites is 1. The van der Waals surface area contributed by atoms with Gasteiger partial charge in [0, 0.05) is 0 Å². The smallest absolute Gasteiger partial charge is 0.153 e. The Balaban J connectivity index is 2.30. The summed E-state index contributed by atoms with van der Waals surface area (Å²) in [6.07, 6.45) is 0. The monoisotopic (exact) mass is 218 g/mol. The van der Waals surface area contributed by atoms with Gasteiger partial charge in [-0.25, -0.2) is 4.39 Å².